The summed E-state index contributed by atoms with van der Waals surface area (Å²) in [4.78, 5) is 11.6. The van der Waals surface area contributed by atoms with Gasteiger partial charge in [0.15, 0.2) is 9.84 Å². The standard InChI is InChI=1S/C12H12O4S/c13-11-5-6-12(16-11)7-8-17(14,15)10-4-2-1-3-9(10)12/h1-4H,5-8H2. The van der Waals surface area contributed by atoms with Crippen LogP contribution in [0.2, 0.25) is 0 Å². The summed E-state index contributed by atoms with van der Waals surface area (Å²) in [7, 11) is -3.21. The SMILES string of the molecule is O=C1CCC2(CCS(=O)(=O)c3ccccc32)O1. The van der Waals surface area contributed by atoms with E-state index in [1.54, 1.807) is 24.3 Å². The molecule has 1 atom stereocenters. The van der Waals surface area contributed by atoms with Crippen LogP contribution in [0.4, 0.5) is 0 Å². The second-order valence-corrected chi connectivity index (χ2v) is 6.61. The summed E-state index contributed by atoms with van der Waals surface area (Å²) in [6.07, 6.45) is 1.32. The fraction of sp³-hybridized carbons (Fsp3) is 0.417. The predicted octanol–water partition coefficient (Wildman–Crippen LogP) is 1.40. The lowest BCUT2D eigenvalue weighted by atomic mass is 9.88. The first-order valence-electron chi connectivity index (χ1n) is 5.58. The highest BCUT2D eigenvalue weighted by atomic mass is 32.2. The third-order valence-corrected chi connectivity index (χ3v) is 5.30. The summed E-state index contributed by atoms with van der Waals surface area (Å²) in [5, 5.41) is 0. The van der Waals surface area contributed by atoms with Gasteiger partial charge >= 0.3 is 5.97 Å². The van der Waals surface area contributed by atoms with Gasteiger partial charge in [-0.1, -0.05) is 18.2 Å². The molecule has 0 radical (unpaired) electrons. The highest BCUT2D eigenvalue weighted by Crippen LogP contribution is 2.46. The first kappa shape index (κ1) is 10.8. The normalized spacial score (nSPS) is 30.0. The summed E-state index contributed by atoms with van der Waals surface area (Å²) in [6, 6.07) is 6.84. The maximum Gasteiger partial charge on any atom is 0.306 e. The van der Waals surface area contributed by atoms with Crippen LogP contribution in [0.3, 0.4) is 0 Å². The molecular formula is C12H12O4S. The Morgan fingerprint density at radius 2 is 1.94 bits per heavy atom. The quantitative estimate of drug-likeness (QED) is 0.655. The molecule has 90 valence electrons. The van der Waals surface area contributed by atoms with Crippen molar-refractivity contribution in [1.29, 1.82) is 0 Å². The largest absolute Gasteiger partial charge is 0.454 e. The number of rotatable bonds is 0. The summed E-state index contributed by atoms with van der Waals surface area (Å²) < 4.78 is 29.3. The molecular weight excluding hydrogens is 240 g/mol. The van der Waals surface area contributed by atoms with Crippen LogP contribution in [0.5, 0.6) is 0 Å². The third-order valence-electron chi connectivity index (χ3n) is 3.53. The summed E-state index contributed by atoms with van der Waals surface area (Å²) in [5.41, 5.74) is -0.0453. The molecule has 2 aliphatic rings. The number of sulfone groups is 1. The molecule has 1 spiro atoms. The molecule has 17 heavy (non-hydrogen) atoms. The first-order valence-corrected chi connectivity index (χ1v) is 7.23. The zero-order valence-electron chi connectivity index (χ0n) is 9.18. The minimum atomic E-state index is -3.21. The summed E-state index contributed by atoms with van der Waals surface area (Å²) >= 11 is 0. The Balaban J connectivity index is 2.22. The number of fused-ring (bicyclic) bond motifs is 2. The third kappa shape index (κ3) is 1.49. The monoisotopic (exact) mass is 252 g/mol. The van der Waals surface area contributed by atoms with Gasteiger partial charge in [-0.05, 0) is 6.07 Å². The maximum absolute atomic E-state index is 12.0. The minimum Gasteiger partial charge on any atom is -0.454 e. The number of esters is 1. The molecule has 2 heterocycles. The molecule has 3 rings (SSSR count). The highest BCUT2D eigenvalue weighted by Gasteiger charge is 2.48. The van der Waals surface area contributed by atoms with E-state index < -0.39 is 15.4 Å². The van der Waals surface area contributed by atoms with Crippen LogP contribution in [0.15, 0.2) is 29.2 Å². The topological polar surface area (TPSA) is 60.4 Å². The van der Waals surface area contributed by atoms with Gasteiger partial charge in [-0.15, -0.1) is 0 Å². The smallest absolute Gasteiger partial charge is 0.306 e. The van der Waals surface area contributed by atoms with Crippen LogP contribution in [-0.2, 0) is 25.0 Å². The lowest BCUT2D eigenvalue weighted by Crippen LogP contribution is -2.35. The van der Waals surface area contributed by atoms with Crippen molar-refractivity contribution in [3.05, 3.63) is 29.8 Å². The van der Waals surface area contributed by atoms with E-state index in [-0.39, 0.29) is 11.7 Å². The molecule has 0 aromatic heterocycles. The zero-order chi connectivity index (χ0) is 12.1. The van der Waals surface area contributed by atoms with Crippen molar-refractivity contribution < 1.29 is 17.9 Å². The van der Waals surface area contributed by atoms with E-state index in [9.17, 15) is 13.2 Å². The Kier molecular flexibility index (Phi) is 2.10. The molecule has 0 saturated carbocycles. The molecule has 4 nitrogen and oxygen atoms in total. The Morgan fingerprint density at radius 1 is 1.18 bits per heavy atom. The van der Waals surface area contributed by atoms with E-state index >= 15 is 0 Å². The van der Waals surface area contributed by atoms with Crippen LogP contribution in [0, 0.1) is 0 Å². The zero-order valence-corrected chi connectivity index (χ0v) is 10.00. The molecule has 1 aromatic carbocycles. The first-order chi connectivity index (χ1) is 8.04. The predicted molar refractivity (Wildman–Crippen MR) is 60.1 cm³/mol. The molecule has 2 aliphatic heterocycles. The van der Waals surface area contributed by atoms with Gasteiger partial charge in [0.25, 0.3) is 0 Å². The van der Waals surface area contributed by atoms with Crippen molar-refractivity contribution in [2.75, 3.05) is 5.75 Å². The van der Waals surface area contributed by atoms with Crippen LogP contribution in [0.1, 0.15) is 24.8 Å². The van der Waals surface area contributed by atoms with E-state index in [0.29, 0.717) is 29.7 Å². The van der Waals surface area contributed by atoms with Crippen molar-refractivity contribution in [1.82, 2.24) is 0 Å². The van der Waals surface area contributed by atoms with E-state index in [2.05, 4.69) is 0 Å². The van der Waals surface area contributed by atoms with Gasteiger partial charge in [-0.25, -0.2) is 8.42 Å². The molecule has 1 saturated heterocycles. The average Bonchev–Trinajstić information content (AvgIpc) is 2.69. The Bertz CT molecular complexity index is 590. The molecule has 0 bridgehead atoms. The van der Waals surface area contributed by atoms with Crippen molar-refractivity contribution in [3.8, 4) is 0 Å². The molecule has 0 aliphatic carbocycles. The van der Waals surface area contributed by atoms with Crippen LogP contribution in [0.25, 0.3) is 0 Å². The Morgan fingerprint density at radius 3 is 2.65 bits per heavy atom. The van der Waals surface area contributed by atoms with Crippen molar-refractivity contribution in [2.24, 2.45) is 0 Å². The van der Waals surface area contributed by atoms with Crippen LogP contribution < -0.4 is 0 Å². The number of carbonyl (C=O) groups is 1. The molecule has 1 fully saturated rings. The summed E-state index contributed by atoms with van der Waals surface area (Å²) in [6.45, 7) is 0. The molecule has 1 unspecified atom stereocenters. The highest BCUT2D eigenvalue weighted by molar-refractivity contribution is 7.91. The van der Waals surface area contributed by atoms with Gasteiger partial charge < -0.3 is 4.74 Å². The number of carbonyl (C=O) groups excluding carboxylic acids is 1. The van der Waals surface area contributed by atoms with Gasteiger partial charge in [0.05, 0.1) is 10.6 Å². The minimum absolute atomic E-state index is 0.0529. The van der Waals surface area contributed by atoms with Crippen LogP contribution >= 0.6 is 0 Å². The number of ether oxygens (including phenoxy) is 1. The van der Waals surface area contributed by atoms with Crippen molar-refractivity contribution >= 4 is 15.8 Å². The second kappa shape index (κ2) is 3.32. The number of hydrogen-bond acceptors (Lipinski definition) is 4. The molecule has 5 heteroatoms. The Labute approximate surface area is 99.5 Å². The fourth-order valence-corrected chi connectivity index (χ4v) is 4.34. The average molecular weight is 252 g/mol. The van der Waals surface area contributed by atoms with Crippen molar-refractivity contribution in [3.63, 3.8) is 0 Å². The summed E-state index contributed by atoms with van der Waals surface area (Å²) in [5.74, 6) is -0.184. The van der Waals surface area contributed by atoms with Gasteiger partial charge in [-0.2, -0.15) is 0 Å². The van der Waals surface area contributed by atoms with E-state index in [4.69, 9.17) is 4.74 Å². The maximum atomic E-state index is 12.0. The number of hydrogen-bond donors (Lipinski definition) is 0. The van der Waals surface area contributed by atoms with Gasteiger partial charge in [-0.3, -0.25) is 4.79 Å². The van der Waals surface area contributed by atoms with E-state index in [1.165, 1.54) is 0 Å². The molecule has 0 amide bonds. The van der Waals surface area contributed by atoms with E-state index in [1.807, 2.05) is 0 Å². The van der Waals surface area contributed by atoms with Crippen molar-refractivity contribution in [2.45, 2.75) is 29.8 Å². The lowest BCUT2D eigenvalue weighted by molar-refractivity contribution is -0.149. The second-order valence-electron chi connectivity index (χ2n) is 4.53. The molecule has 0 N–H and O–H groups in total. The van der Waals surface area contributed by atoms with Gasteiger partial charge in [0.1, 0.15) is 5.60 Å². The van der Waals surface area contributed by atoms with Crippen LogP contribution in [-0.4, -0.2) is 20.1 Å². The number of benzene rings is 1. The molecule has 1 aromatic rings. The van der Waals surface area contributed by atoms with Gasteiger partial charge in [0.2, 0.25) is 0 Å². The lowest BCUT2D eigenvalue weighted by Gasteiger charge is -2.33. The van der Waals surface area contributed by atoms with E-state index in [0.717, 1.165) is 0 Å². The van der Waals surface area contributed by atoms with Gasteiger partial charge in [0, 0.05) is 24.8 Å². The fourth-order valence-electron chi connectivity index (χ4n) is 2.65. The Hall–Kier alpha value is -1.36.